The van der Waals surface area contributed by atoms with E-state index in [0.29, 0.717) is 18.0 Å². The molecule has 0 radical (unpaired) electrons. The summed E-state index contributed by atoms with van der Waals surface area (Å²) in [6.45, 7) is 0. The van der Waals surface area contributed by atoms with Crippen molar-refractivity contribution in [1.29, 1.82) is 0 Å². The summed E-state index contributed by atoms with van der Waals surface area (Å²) in [4.78, 5) is 8.84. The second-order valence-electron chi connectivity index (χ2n) is 7.53. The van der Waals surface area contributed by atoms with Gasteiger partial charge in [0.15, 0.2) is 0 Å². The zero-order valence-electron chi connectivity index (χ0n) is 14.8. The second kappa shape index (κ2) is 6.63. The number of aryl methyl sites for hydroxylation is 1. The lowest BCUT2D eigenvalue weighted by Crippen LogP contribution is -2.33. The quantitative estimate of drug-likeness (QED) is 0.768. The standard InChI is InChI=1S/C18H27N7/c1-25-16(8-11-2-3-11)14(10-21-25)15-9-17(24-18(20)23-15)22-13-6-4-12(19)5-7-13/h9-13H,2-8,19H2,1H3,(H3,20,22,23,24). The largest absolute Gasteiger partial charge is 0.368 e. The average molecular weight is 341 g/mol. The highest BCUT2D eigenvalue weighted by atomic mass is 15.3. The summed E-state index contributed by atoms with van der Waals surface area (Å²) in [5.74, 6) is 1.88. The second-order valence-corrected chi connectivity index (χ2v) is 7.53. The number of nitrogen functional groups attached to an aromatic ring is 1. The van der Waals surface area contributed by atoms with E-state index >= 15 is 0 Å². The molecule has 4 rings (SSSR count). The number of aromatic nitrogens is 4. The van der Waals surface area contributed by atoms with E-state index < -0.39 is 0 Å². The molecule has 0 unspecified atom stereocenters. The monoisotopic (exact) mass is 341 g/mol. The molecule has 0 aromatic carbocycles. The van der Waals surface area contributed by atoms with Gasteiger partial charge in [-0.2, -0.15) is 10.1 Å². The molecule has 0 amide bonds. The smallest absolute Gasteiger partial charge is 0.222 e. The molecule has 7 nitrogen and oxygen atoms in total. The Morgan fingerprint density at radius 3 is 2.64 bits per heavy atom. The maximum atomic E-state index is 6.00. The molecule has 7 heteroatoms. The van der Waals surface area contributed by atoms with E-state index in [-0.39, 0.29) is 0 Å². The summed E-state index contributed by atoms with van der Waals surface area (Å²) >= 11 is 0. The van der Waals surface area contributed by atoms with Gasteiger partial charge in [-0.25, -0.2) is 4.98 Å². The van der Waals surface area contributed by atoms with E-state index in [1.54, 1.807) is 0 Å². The van der Waals surface area contributed by atoms with Crippen molar-refractivity contribution in [3.63, 3.8) is 0 Å². The molecule has 0 spiro atoms. The molecule has 134 valence electrons. The molecule has 0 saturated heterocycles. The first kappa shape index (κ1) is 16.3. The zero-order chi connectivity index (χ0) is 17.4. The van der Waals surface area contributed by atoms with Crippen LogP contribution in [0.5, 0.6) is 0 Å². The molecule has 2 heterocycles. The summed E-state index contributed by atoms with van der Waals surface area (Å²) in [6, 6.07) is 2.74. The van der Waals surface area contributed by atoms with Crippen LogP contribution in [-0.4, -0.2) is 31.8 Å². The van der Waals surface area contributed by atoms with Crippen LogP contribution >= 0.6 is 0 Å². The zero-order valence-corrected chi connectivity index (χ0v) is 14.8. The summed E-state index contributed by atoms with van der Waals surface area (Å²) in [7, 11) is 2.00. The van der Waals surface area contributed by atoms with Crippen LogP contribution < -0.4 is 16.8 Å². The van der Waals surface area contributed by atoms with Crippen molar-refractivity contribution in [2.24, 2.45) is 18.7 Å². The molecule has 2 aliphatic rings. The number of hydrogen-bond acceptors (Lipinski definition) is 6. The van der Waals surface area contributed by atoms with Crippen LogP contribution in [-0.2, 0) is 13.5 Å². The van der Waals surface area contributed by atoms with Crippen molar-refractivity contribution in [3.8, 4) is 11.3 Å². The van der Waals surface area contributed by atoms with Gasteiger partial charge < -0.3 is 16.8 Å². The molecular formula is C18H27N7. The summed E-state index contributed by atoms with van der Waals surface area (Å²) in [5.41, 5.74) is 15.1. The first-order valence-electron chi connectivity index (χ1n) is 9.26. The van der Waals surface area contributed by atoms with Gasteiger partial charge in [0.1, 0.15) is 5.82 Å². The van der Waals surface area contributed by atoms with Gasteiger partial charge in [0.2, 0.25) is 5.95 Å². The van der Waals surface area contributed by atoms with Crippen molar-refractivity contribution in [2.75, 3.05) is 11.1 Å². The van der Waals surface area contributed by atoms with E-state index in [9.17, 15) is 0 Å². The molecule has 0 aliphatic heterocycles. The van der Waals surface area contributed by atoms with Gasteiger partial charge in [0.05, 0.1) is 11.9 Å². The Labute approximate surface area is 148 Å². The molecule has 0 atom stereocenters. The molecule has 2 aromatic heterocycles. The maximum absolute atomic E-state index is 6.00. The molecule has 2 saturated carbocycles. The third-order valence-electron chi connectivity index (χ3n) is 5.38. The van der Waals surface area contributed by atoms with Crippen LogP contribution in [0.2, 0.25) is 0 Å². The molecule has 2 aliphatic carbocycles. The van der Waals surface area contributed by atoms with Gasteiger partial charge in [-0.05, 0) is 50.9 Å². The Morgan fingerprint density at radius 2 is 1.92 bits per heavy atom. The van der Waals surface area contributed by atoms with E-state index in [1.807, 2.05) is 24.0 Å². The number of hydrogen-bond donors (Lipinski definition) is 3. The Kier molecular flexibility index (Phi) is 4.33. The molecule has 2 fully saturated rings. The Balaban J connectivity index is 1.57. The summed E-state index contributed by atoms with van der Waals surface area (Å²) in [6.07, 6.45) is 9.82. The Bertz CT molecular complexity index is 742. The van der Waals surface area contributed by atoms with Crippen LogP contribution in [0.15, 0.2) is 12.3 Å². The predicted molar refractivity (Wildman–Crippen MR) is 98.9 cm³/mol. The van der Waals surface area contributed by atoms with Crippen molar-refractivity contribution in [3.05, 3.63) is 18.0 Å². The van der Waals surface area contributed by atoms with Crippen LogP contribution in [0.25, 0.3) is 11.3 Å². The highest BCUT2D eigenvalue weighted by Crippen LogP contribution is 2.35. The maximum Gasteiger partial charge on any atom is 0.222 e. The topological polar surface area (TPSA) is 108 Å². The first-order valence-corrected chi connectivity index (χ1v) is 9.26. The Morgan fingerprint density at radius 1 is 1.16 bits per heavy atom. The predicted octanol–water partition coefficient (Wildman–Crippen LogP) is 2.09. The van der Waals surface area contributed by atoms with E-state index in [1.165, 1.54) is 18.5 Å². The fourth-order valence-electron chi connectivity index (χ4n) is 3.66. The fraction of sp³-hybridized carbons (Fsp3) is 0.611. The molecule has 25 heavy (non-hydrogen) atoms. The lowest BCUT2D eigenvalue weighted by Gasteiger charge is -2.27. The van der Waals surface area contributed by atoms with E-state index in [4.69, 9.17) is 11.5 Å². The van der Waals surface area contributed by atoms with Crippen LogP contribution in [0.1, 0.15) is 44.2 Å². The number of anilines is 2. The van der Waals surface area contributed by atoms with Gasteiger partial charge in [-0.15, -0.1) is 0 Å². The normalized spacial score (nSPS) is 23.6. The summed E-state index contributed by atoms with van der Waals surface area (Å²) < 4.78 is 1.96. The number of nitrogens with one attached hydrogen (secondary N) is 1. The number of nitrogens with two attached hydrogens (primary N) is 2. The molecular weight excluding hydrogens is 314 g/mol. The number of rotatable bonds is 5. The van der Waals surface area contributed by atoms with Gasteiger partial charge >= 0.3 is 0 Å². The lowest BCUT2D eigenvalue weighted by molar-refractivity contribution is 0.410. The van der Waals surface area contributed by atoms with Gasteiger partial charge in [0.25, 0.3) is 0 Å². The van der Waals surface area contributed by atoms with Crippen LogP contribution in [0, 0.1) is 5.92 Å². The highest BCUT2D eigenvalue weighted by molar-refractivity contribution is 5.66. The fourth-order valence-corrected chi connectivity index (χ4v) is 3.66. The third-order valence-corrected chi connectivity index (χ3v) is 5.38. The van der Waals surface area contributed by atoms with Crippen molar-refractivity contribution in [2.45, 2.75) is 57.0 Å². The Hall–Kier alpha value is -2.15. The van der Waals surface area contributed by atoms with Crippen molar-refractivity contribution >= 4 is 11.8 Å². The van der Waals surface area contributed by atoms with Crippen LogP contribution in [0.4, 0.5) is 11.8 Å². The van der Waals surface area contributed by atoms with Gasteiger partial charge in [0, 0.05) is 36.5 Å². The third kappa shape index (κ3) is 3.76. The SMILES string of the molecule is Cn1ncc(-c2cc(NC3CCC(N)CC3)nc(N)n2)c1CC1CC1. The van der Waals surface area contributed by atoms with E-state index in [2.05, 4.69) is 20.4 Å². The molecule has 5 N–H and O–H groups in total. The van der Waals surface area contributed by atoms with E-state index in [0.717, 1.165) is 55.1 Å². The van der Waals surface area contributed by atoms with Gasteiger partial charge in [-0.1, -0.05) is 0 Å². The van der Waals surface area contributed by atoms with Gasteiger partial charge in [-0.3, -0.25) is 4.68 Å². The highest BCUT2D eigenvalue weighted by Gasteiger charge is 2.26. The molecule has 0 bridgehead atoms. The minimum Gasteiger partial charge on any atom is -0.368 e. The van der Waals surface area contributed by atoms with Crippen molar-refractivity contribution < 1.29 is 0 Å². The number of nitrogens with zero attached hydrogens (tertiary/aromatic N) is 4. The lowest BCUT2D eigenvalue weighted by atomic mass is 9.92. The van der Waals surface area contributed by atoms with Crippen LogP contribution in [0.3, 0.4) is 0 Å². The average Bonchev–Trinajstić information content (AvgIpc) is 3.32. The summed E-state index contributed by atoms with van der Waals surface area (Å²) in [5, 5.41) is 7.96. The first-order chi connectivity index (χ1) is 12.1. The minimum absolute atomic E-state index is 0.300. The van der Waals surface area contributed by atoms with Crippen molar-refractivity contribution in [1.82, 2.24) is 19.7 Å². The minimum atomic E-state index is 0.300. The molecule has 2 aromatic rings.